The minimum atomic E-state index is -0.110. The molecule has 0 bridgehead atoms. The fourth-order valence-corrected chi connectivity index (χ4v) is 9.44. The summed E-state index contributed by atoms with van der Waals surface area (Å²) in [6.45, 7) is 4.71. The van der Waals surface area contributed by atoms with Crippen molar-refractivity contribution in [3.05, 3.63) is 230 Å². The van der Waals surface area contributed by atoms with Crippen LogP contribution in [0.4, 0.5) is 17.1 Å². The monoisotopic (exact) mass is 754 g/mol. The van der Waals surface area contributed by atoms with Gasteiger partial charge in [-0.3, -0.25) is 0 Å². The molecule has 0 unspecified atom stereocenters. The van der Waals surface area contributed by atoms with Crippen LogP contribution in [0.25, 0.3) is 72.0 Å². The highest BCUT2D eigenvalue weighted by Gasteiger charge is 2.35. The standard InChI is InChI=1S/C57H42N2/c1-57(2)53-28-11-9-26-49(53)50-32-31-48(38-54(50)57)58(46-24-14-20-42(35-46)39-16-5-3-6-17-39)47-25-15-21-43(36-47)40-18-13-19-41(34-40)44-30-33-56-52(37-44)51-27-10-12-29-55(51)59(56)45-22-7-4-8-23-45/h3-38H,1-2H3. The molecule has 0 atom stereocenters. The van der Waals surface area contributed by atoms with Crippen molar-refractivity contribution in [3.8, 4) is 50.2 Å². The lowest BCUT2D eigenvalue weighted by Gasteiger charge is -2.29. The first-order chi connectivity index (χ1) is 29.0. The molecule has 0 amide bonds. The molecule has 0 spiro atoms. The summed E-state index contributed by atoms with van der Waals surface area (Å²) >= 11 is 0. The van der Waals surface area contributed by atoms with Crippen LogP contribution in [0.2, 0.25) is 0 Å². The van der Waals surface area contributed by atoms with Crippen molar-refractivity contribution in [2.24, 2.45) is 0 Å². The van der Waals surface area contributed by atoms with Gasteiger partial charge in [-0.25, -0.2) is 0 Å². The fourth-order valence-electron chi connectivity index (χ4n) is 9.44. The molecule has 11 rings (SSSR count). The van der Waals surface area contributed by atoms with E-state index in [4.69, 9.17) is 0 Å². The minimum absolute atomic E-state index is 0.110. The molecular formula is C57H42N2. The van der Waals surface area contributed by atoms with Gasteiger partial charge in [-0.05, 0) is 128 Å². The Hall–Kier alpha value is -7.42. The Morgan fingerprint density at radius 1 is 0.339 bits per heavy atom. The molecule has 280 valence electrons. The Kier molecular flexibility index (Phi) is 8.20. The van der Waals surface area contributed by atoms with E-state index < -0.39 is 0 Å². The fraction of sp³-hybridized carbons (Fsp3) is 0.0526. The lowest BCUT2D eigenvalue weighted by molar-refractivity contribution is 0.660. The lowest BCUT2D eigenvalue weighted by atomic mass is 9.82. The Morgan fingerprint density at radius 2 is 0.864 bits per heavy atom. The summed E-state index contributed by atoms with van der Waals surface area (Å²) in [7, 11) is 0. The quantitative estimate of drug-likeness (QED) is 0.157. The highest BCUT2D eigenvalue weighted by molar-refractivity contribution is 6.10. The van der Waals surface area contributed by atoms with Crippen molar-refractivity contribution in [3.63, 3.8) is 0 Å². The summed E-state index contributed by atoms with van der Waals surface area (Å²) in [5, 5.41) is 2.51. The van der Waals surface area contributed by atoms with Gasteiger partial charge in [0.15, 0.2) is 0 Å². The third-order valence-corrected chi connectivity index (χ3v) is 12.4. The molecule has 1 aromatic heterocycles. The van der Waals surface area contributed by atoms with Gasteiger partial charge in [-0.1, -0.05) is 159 Å². The summed E-state index contributed by atoms with van der Waals surface area (Å²) < 4.78 is 2.37. The first kappa shape index (κ1) is 34.8. The Labute approximate surface area is 345 Å². The van der Waals surface area contributed by atoms with Crippen LogP contribution in [0.15, 0.2) is 218 Å². The van der Waals surface area contributed by atoms with E-state index in [1.165, 1.54) is 83.1 Å². The van der Waals surface area contributed by atoms with E-state index in [0.717, 1.165) is 17.1 Å². The second-order valence-corrected chi connectivity index (χ2v) is 16.2. The van der Waals surface area contributed by atoms with Gasteiger partial charge in [-0.15, -0.1) is 0 Å². The van der Waals surface area contributed by atoms with Gasteiger partial charge >= 0.3 is 0 Å². The van der Waals surface area contributed by atoms with Crippen molar-refractivity contribution in [1.29, 1.82) is 0 Å². The molecular weight excluding hydrogens is 713 g/mol. The topological polar surface area (TPSA) is 8.17 Å². The summed E-state index contributed by atoms with van der Waals surface area (Å²) in [5.74, 6) is 0. The van der Waals surface area contributed by atoms with Crippen molar-refractivity contribution in [2.75, 3.05) is 4.90 Å². The molecule has 2 nitrogen and oxygen atoms in total. The SMILES string of the molecule is CC1(C)c2ccccc2-c2ccc(N(c3cccc(-c4ccccc4)c3)c3cccc(-c4cccc(-c5ccc6c(c5)c5ccccc5n6-c5ccccc5)c4)c3)cc21. The molecule has 0 N–H and O–H groups in total. The second kappa shape index (κ2) is 13.9. The molecule has 59 heavy (non-hydrogen) atoms. The van der Waals surface area contributed by atoms with Crippen molar-refractivity contribution >= 4 is 38.9 Å². The normalized spacial score (nSPS) is 12.7. The number of benzene rings is 9. The van der Waals surface area contributed by atoms with Crippen LogP contribution in [-0.4, -0.2) is 4.57 Å². The molecule has 1 aliphatic rings. The van der Waals surface area contributed by atoms with E-state index in [1.54, 1.807) is 0 Å². The van der Waals surface area contributed by atoms with Gasteiger partial charge < -0.3 is 9.47 Å². The Balaban J connectivity index is 1.02. The van der Waals surface area contributed by atoms with Gasteiger partial charge in [0.25, 0.3) is 0 Å². The molecule has 10 aromatic rings. The number of aromatic nitrogens is 1. The van der Waals surface area contributed by atoms with Crippen LogP contribution in [0, 0.1) is 0 Å². The highest BCUT2D eigenvalue weighted by Crippen LogP contribution is 2.51. The zero-order valence-corrected chi connectivity index (χ0v) is 33.2. The second-order valence-electron chi connectivity index (χ2n) is 16.2. The van der Waals surface area contributed by atoms with Gasteiger partial charge in [-0.2, -0.15) is 0 Å². The van der Waals surface area contributed by atoms with Crippen LogP contribution in [0.5, 0.6) is 0 Å². The number of rotatable bonds is 7. The van der Waals surface area contributed by atoms with Crippen LogP contribution in [0.3, 0.4) is 0 Å². The number of para-hydroxylation sites is 2. The lowest BCUT2D eigenvalue weighted by Crippen LogP contribution is -2.16. The molecule has 1 heterocycles. The van der Waals surface area contributed by atoms with E-state index >= 15 is 0 Å². The van der Waals surface area contributed by atoms with E-state index in [2.05, 4.69) is 242 Å². The Bertz CT molecular complexity index is 3190. The highest BCUT2D eigenvalue weighted by atomic mass is 15.1. The van der Waals surface area contributed by atoms with Crippen molar-refractivity contribution in [1.82, 2.24) is 4.57 Å². The Morgan fingerprint density at radius 3 is 1.61 bits per heavy atom. The third kappa shape index (κ3) is 5.87. The zero-order chi connectivity index (χ0) is 39.5. The van der Waals surface area contributed by atoms with Gasteiger partial charge in [0, 0.05) is 38.9 Å². The maximum atomic E-state index is 2.43. The predicted molar refractivity (Wildman–Crippen MR) is 249 cm³/mol. The molecule has 2 heteroatoms. The smallest absolute Gasteiger partial charge is 0.0541 e. The van der Waals surface area contributed by atoms with E-state index in [1.807, 2.05) is 0 Å². The average molecular weight is 755 g/mol. The summed E-state index contributed by atoms with van der Waals surface area (Å²) in [5.41, 5.74) is 19.4. The molecule has 0 aliphatic heterocycles. The van der Waals surface area contributed by atoms with E-state index in [9.17, 15) is 0 Å². The van der Waals surface area contributed by atoms with Gasteiger partial charge in [0.1, 0.15) is 0 Å². The molecule has 0 radical (unpaired) electrons. The van der Waals surface area contributed by atoms with E-state index in [0.29, 0.717) is 0 Å². The summed E-state index contributed by atoms with van der Waals surface area (Å²) in [6.07, 6.45) is 0. The summed E-state index contributed by atoms with van der Waals surface area (Å²) in [6, 6.07) is 79.8. The first-order valence-electron chi connectivity index (χ1n) is 20.5. The molecule has 0 saturated heterocycles. The number of nitrogens with zero attached hydrogens (tertiary/aromatic N) is 2. The maximum absolute atomic E-state index is 2.43. The zero-order valence-electron chi connectivity index (χ0n) is 33.2. The molecule has 0 saturated carbocycles. The van der Waals surface area contributed by atoms with Crippen LogP contribution >= 0.6 is 0 Å². The van der Waals surface area contributed by atoms with Crippen molar-refractivity contribution in [2.45, 2.75) is 19.3 Å². The van der Waals surface area contributed by atoms with Crippen LogP contribution in [0.1, 0.15) is 25.0 Å². The largest absolute Gasteiger partial charge is 0.310 e. The van der Waals surface area contributed by atoms with Crippen LogP contribution < -0.4 is 4.90 Å². The number of anilines is 3. The first-order valence-corrected chi connectivity index (χ1v) is 20.5. The molecule has 1 aliphatic carbocycles. The maximum Gasteiger partial charge on any atom is 0.0541 e. The molecule has 9 aromatic carbocycles. The van der Waals surface area contributed by atoms with Gasteiger partial charge in [0.2, 0.25) is 0 Å². The van der Waals surface area contributed by atoms with Crippen LogP contribution in [-0.2, 0) is 5.41 Å². The van der Waals surface area contributed by atoms with Crippen molar-refractivity contribution < 1.29 is 0 Å². The number of hydrogen-bond donors (Lipinski definition) is 0. The summed E-state index contributed by atoms with van der Waals surface area (Å²) in [4.78, 5) is 2.43. The minimum Gasteiger partial charge on any atom is -0.310 e. The van der Waals surface area contributed by atoms with Gasteiger partial charge in [0.05, 0.1) is 11.0 Å². The number of hydrogen-bond acceptors (Lipinski definition) is 1. The molecule has 0 fully saturated rings. The third-order valence-electron chi connectivity index (χ3n) is 12.4. The predicted octanol–water partition coefficient (Wildman–Crippen LogP) is 15.6. The number of fused-ring (bicyclic) bond motifs is 6. The average Bonchev–Trinajstić information content (AvgIpc) is 3.75. The van der Waals surface area contributed by atoms with E-state index in [-0.39, 0.29) is 5.41 Å².